The number of amides is 1. The average molecular weight is 475 g/mol. The zero-order chi connectivity index (χ0) is 24.4. The first kappa shape index (κ1) is 25.4. The molecule has 13 heteroatoms. The fraction of sp³-hybridized carbons (Fsp3) is 0.684. The molecule has 180 valence electrons. The van der Waals surface area contributed by atoms with Crippen molar-refractivity contribution in [2.45, 2.75) is 65.4 Å². The fourth-order valence-corrected chi connectivity index (χ4v) is 4.85. The van der Waals surface area contributed by atoms with Crippen LogP contribution in [0.3, 0.4) is 0 Å². The normalized spacial score (nSPS) is 17.2. The molecular formula is C19H30N4O8S. The number of carbonyl (C=O) groups is 3. The number of anilines is 1. The zero-order valence-corrected chi connectivity index (χ0v) is 20.1. The van der Waals surface area contributed by atoms with Crippen LogP contribution in [0.5, 0.6) is 0 Å². The first-order valence-corrected chi connectivity index (χ1v) is 11.5. The van der Waals surface area contributed by atoms with Crippen LogP contribution in [0, 0.1) is 0 Å². The molecule has 2 heterocycles. The van der Waals surface area contributed by atoms with Crippen molar-refractivity contribution in [1.82, 2.24) is 14.7 Å². The summed E-state index contributed by atoms with van der Waals surface area (Å²) in [5.74, 6) is -2.80. The number of nitrogens with zero attached hydrogens (tertiary/aromatic N) is 4. The number of hydrogen-bond donors (Lipinski definition) is 0. The molecule has 0 aromatic carbocycles. The topological polar surface area (TPSA) is 137 Å². The maximum absolute atomic E-state index is 13.1. The molecule has 32 heavy (non-hydrogen) atoms. The average Bonchev–Trinajstić information content (AvgIpc) is 3.06. The van der Waals surface area contributed by atoms with E-state index in [1.54, 1.807) is 25.5 Å². The number of rotatable bonds is 6. The molecule has 1 amide bonds. The predicted octanol–water partition coefficient (Wildman–Crippen LogP) is 0.893. The van der Waals surface area contributed by atoms with Gasteiger partial charge in [-0.25, -0.2) is 18.0 Å². The Labute approximate surface area is 187 Å². The molecule has 1 aromatic rings. The highest BCUT2D eigenvalue weighted by molar-refractivity contribution is 7.93. The minimum absolute atomic E-state index is 0.0104. The summed E-state index contributed by atoms with van der Waals surface area (Å²) in [4.78, 5) is 38.2. The van der Waals surface area contributed by atoms with Gasteiger partial charge < -0.3 is 14.2 Å². The van der Waals surface area contributed by atoms with Gasteiger partial charge >= 0.3 is 18.0 Å². The van der Waals surface area contributed by atoms with E-state index >= 15 is 0 Å². The first-order chi connectivity index (χ1) is 14.7. The van der Waals surface area contributed by atoms with Gasteiger partial charge in [0.15, 0.2) is 5.75 Å². The Balaban J connectivity index is 2.52. The van der Waals surface area contributed by atoms with E-state index in [0.29, 0.717) is 5.69 Å². The van der Waals surface area contributed by atoms with E-state index in [1.807, 2.05) is 6.92 Å². The van der Waals surface area contributed by atoms with Crippen molar-refractivity contribution >= 4 is 33.7 Å². The van der Waals surface area contributed by atoms with E-state index in [2.05, 4.69) is 9.84 Å². The highest BCUT2D eigenvalue weighted by Gasteiger charge is 2.40. The molecule has 0 saturated heterocycles. The summed E-state index contributed by atoms with van der Waals surface area (Å²) in [6, 6.07) is -1.57. The quantitative estimate of drug-likeness (QED) is 0.435. The SMILES string of the molecule is COC(=O)CS(=O)(=O)N(c1cnn2c1CN(C(=O)OC(C)(C)C)[C@@H](C)C2)[C@@H](C)C(=O)OC. The molecule has 0 bridgehead atoms. The molecule has 12 nitrogen and oxygen atoms in total. The lowest BCUT2D eigenvalue weighted by molar-refractivity contribution is -0.141. The number of fused-ring (bicyclic) bond motifs is 1. The van der Waals surface area contributed by atoms with E-state index in [-0.39, 0.29) is 24.8 Å². The van der Waals surface area contributed by atoms with Gasteiger partial charge in [0.2, 0.25) is 10.0 Å². The molecule has 0 aliphatic carbocycles. The van der Waals surface area contributed by atoms with E-state index in [9.17, 15) is 22.8 Å². The van der Waals surface area contributed by atoms with Gasteiger partial charge in [-0.1, -0.05) is 0 Å². The molecule has 0 fully saturated rings. The zero-order valence-electron chi connectivity index (χ0n) is 19.3. The van der Waals surface area contributed by atoms with E-state index in [0.717, 1.165) is 18.5 Å². The molecule has 0 N–H and O–H groups in total. The van der Waals surface area contributed by atoms with Gasteiger partial charge in [-0.2, -0.15) is 5.10 Å². The largest absolute Gasteiger partial charge is 0.468 e. The van der Waals surface area contributed by atoms with Gasteiger partial charge in [-0.05, 0) is 34.6 Å². The van der Waals surface area contributed by atoms with Gasteiger partial charge in [0.1, 0.15) is 11.6 Å². The van der Waals surface area contributed by atoms with E-state index in [1.165, 1.54) is 18.0 Å². The van der Waals surface area contributed by atoms with Crippen molar-refractivity contribution in [3.8, 4) is 0 Å². The van der Waals surface area contributed by atoms with Crippen LogP contribution < -0.4 is 4.31 Å². The molecule has 2 rings (SSSR count). The summed E-state index contributed by atoms with van der Waals surface area (Å²) in [5.41, 5.74) is -0.280. The number of ether oxygens (including phenoxy) is 3. The van der Waals surface area contributed by atoms with Crippen LogP contribution >= 0.6 is 0 Å². The molecule has 1 aliphatic heterocycles. The summed E-state index contributed by atoms with van der Waals surface area (Å²) >= 11 is 0. The van der Waals surface area contributed by atoms with Crippen LogP contribution in [0.15, 0.2) is 6.20 Å². The Morgan fingerprint density at radius 1 is 1.25 bits per heavy atom. The smallest absolute Gasteiger partial charge is 0.410 e. The fourth-order valence-electron chi connectivity index (χ4n) is 3.28. The van der Waals surface area contributed by atoms with E-state index < -0.39 is 45.5 Å². The number of carbonyl (C=O) groups excluding carboxylic acids is 3. The Morgan fingerprint density at radius 2 is 1.88 bits per heavy atom. The lowest BCUT2D eigenvalue weighted by Gasteiger charge is -2.36. The number of esters is 2. The van der Waals surface area contributed by atoms with E-state index in [4.69, 9.17) is 9.47 Å². The standard InChI is InChI=1S/C19H30N4O8S/c1-12-9-22-15(10-21(12)18(26)31-19(3,4)5)14(8-20-22)23(13(2)17(25)30-7)32(27,28)11-16(24)29-6/h8,12-13H,9-11H2,1-7H3/t12-,13-/m0/s1. The minimum atomic E-state index is -4.35. The maximum Gasteiger partial charge on any atom is 0.410 e. The van der Waals surface area contributed by atoms with Crippen molar-refractivity contribution in [1.29, 1.82) is 0 Å². The second kappa shape index (κ2) is 9.35. The van der Waals surface area contributed by atoms with Crippen LogP contribution in [-0.2, 0) is 46.9 Å². The number of methoxy groups -OCH3 is 2. The Morgan fingerprint density at radius 3 is 2.41 bits per heavy atom. The third kappa shape index (κ3) is 5.50. The summed E-state index contributed by atoms with van der Waals surface area (Å²) in [7, 11) is -2.16. The first-order valence-electron chi connectivity index (χ1n) is 9.93. The van der Waals surface area contributed by atoms with Gasteiger partial charge in [-0.15, -0.1) is 0 Å². The van der Waals surface area contributed by atoms with Crippen LogP contribution in [0.2, 0.25) is 0 Å². The number of sulfonamides is 1. The molecule has 0 unspecified atom stereocenters. The number of hydrogen-bond acceptors (Lipinski definition) is 9. The van der Waals surface area contributed by atoms with Gasteiger partial charge in [0.05, 0.1) is 50.9 Å². The predicted molar refractivity (Wildman–Crippen MR) is 113 cm³/mol. The maximum atomic E-state index is 13.1. The highest BCUT2D eigenvalue weighted by atomic mass is 32.2. The van der Waals surface area contributed by atoms with Crippen molar-refractivity contribution in [2.75, 3.05) is 24.3 Å². The second-order valence-electron chi connectivity index (χ2n) is 8.44. The molecular weight excluding hydrogens is 444 g/mol. The Bertz CT molecular complexity index is 982. The van der Waals surface area contributed by atoms with Gasteiger partial charge in [0, 0.05) is 0 Å². The minimum Gasteiger partial charge on any atom is -0.468 e. The lowest BCUT2D eigenvalue weighted by Crippen LogP contribution is -2.49. The van der Waals surface area contributed by atoms with Crippen LogP contribution in [0.4, 0.5) is 10.5 Å². The van der Waals surface area contributed by atoms with Crippen molar-refractivity contribution in [2.24, 2.45) is 0 Å². The van der Waals surface area contributed by atoms with Gasteiger partial charge in [-0.3, -0.25) is 18.7 Å². The van der Waals surface area contributed by atoms with Crippen LogP contribution in [0.1, 0.15) is 40.3 Å². The second-order valence-corrected chi connectivity index (χ2v) is 10.3. The Hall–Kier alpha value is -2.83. The van der Waals surface area contributed by atoms with Crippen LogP contribution in [-0.4, -0.2) is 78.8 Å². The monoisotopic (exact) mass is 474 g/mol. The summed E-state index contributed by atoms with van der Waals surface area (Å²) in [6.45, 7) is 8.66. The van der Waals surface area contributed by atoms with Crippen molar-refractivity contribution in [3.63, 3.8) is 0 Å². The lowest BCUT2D eigenvalue weighted by atomic mass is 10.1. The molecule has 0 radical (unpaired) electrons. The molecule has 2 atom stereocenters. The molecule has 1 aromatic heterocycles. The summed E-state index contributed by atoms with van der Waals surface area (Å²) in [5, 5.41) is 4.24. The summed E-state index contributed by atoms with van der Waals surface area (Å²) in [6.07, 6.45) is 0.725. The molecule has 0 saturated carbocycles. The third-order valence-electron chi connectivity index (χ3n) is 4.80. The molecule has 1 aliphatic rings. The van der Waals surface area contributed by atoms with Crippen molar-refractivity contribution < 1.29 is 37.0 Å². The Kier molecular flexibility index (Phi) is 7.43. The van der Waals surface area contributed by atoms with Gasteiger partial charge in [0.25, 0.3) is 0 Å². The highest BCUT2D eigenvalue weighted by Crippen LogP contribution is 2.31. The number of aromatic nitrogens is 2. The third-order valence-corrected chi connectivity index (χ3v) is 6.52. The van der Waals surface area contributed by atoms with Crippen LogP contribution in [0.25, 0.3) is 0 Å². The molecule has 0 spiro atoms. The summed E-state index contributed by atoms with van der Waals surface area (Å²) < 4.78 is 43.2. The van der Waals surface area contributed by atoms with Crippen molar-refractivity contribution in [3.05, 3.63) is 11.9 Å².